The van der Waals surface area contributed by atoms with Gasteiger partial charge in [-0.15, -0.1) is 11.3 Å². The normalized spacial score (nSPS) is 13.6. The molecule has 1 atom stereocenters. The molecule has 0 N–H and O–H groups in total. The Morgan fingerprint density at radius 2 is 2.56 bits per heavy atom. The Morgan fingerprint density at radius 1 is 1.78 bits per heavy atom. The minimum Gasteiger partial charge on any atom is -0.148 e. The van der Waals surface area contributed by atoms with Gasteiger partial charge in [0.15, 0.2) is 0 Å². The van der Waals surface area contributed by atoms with Crippen LogP contribution in [0.3, 0.4) is 0 Å². The average Bonchev–Trinajstić information content (AvgIpc) is 2.37. The number of thiophene rings is 1. The van der Waals surface area contributed by atoms with Gasteiger partial charge in [-0.3, -0.25) is 0 Å². The van der Waals surface area contributed by atoms with Gasteiger partial charge in [-0.25, -0.2) is 0 Å². The minimum atomic E-state index is 0.725. The first-order valence-electron chi connectivity index (χ1n) is 3.02. The van der Waals surface area contributed by atoms with Crippen LogP contribution >= 0.6 is 33.9 Å². The van der Waals surface area contributed by atoms with Crippen molar-refractivity contribution in [2.24, 2.45) is 0 Å². The number of alkyl halides is 1. The average molecular weight is 252 g/mol. The van der Waals surface area contributed by atoms with E-state index in [-0.39, 0.29) is 0 Å². The number of hydrogen-bond donors (Lipinski definition) is 0. The van der Waals surface area contributed by atoms with Crippen molar-refractivity contribution in [3.63, 3.8) is 0 Å². The van der Waals surface area contributed by atoms with Crippen molar-refractivity contribution in [2.75, 3.05) is 0 Å². The van der Waals surface area contributed by atoms with Crippen molar-refractivity contribution >= 4 is 33.9 Å². The molecule has 0 spiro atoms. The predicted molar refractivity (Wildman–Crippen MR) is 51.4 cm³/mol. The molecule has 0 aromatic carbocycles. The first-order valence-corrected chi connectivity index (χ1v) is 5.14. The Hall–Kier alpha value is 0.430. The van der Waals surface area contributed by atoms with Crippen LogP contribution in [0, 0.1) is 0 Å². The molecule has 0 aliphatic rings. The molecule has 0 aliphatic heterocycles. The van der Waals surface area contributed by atoms with Gasteiger partial charge in [0.1, 0.15) is 0 Å². The quantitative estimate of drug-likeness (QED) is 0.557. The van der Waals surface area contributed by atoms with Crippen molar-refractivity contribution in [2.45, 2.75) is 17.3 Å². The van der Waals surface area contributed by atoms with E-state index in [2.05, 4.69) is 47.0 Å². The molecule has 0 unspecified atom stereocenters. The molecule has 0 saturated heterocycles. The molecule has 1 rings (SSSR count). The summed E-state index contributed by atoms with van der Waals surface area (Å²) in [6, 6.07) is 4.31. The molecule has 0 amide bonds. The fourth-order valence-electron chi connectivity index (χ4n) is 0.671. The Balaban J connectivity index is 2.65. The Morgan fingerprint density at radius 3 is 3.00 bits per heavy atom. The van der Waals surface area contributed by atoms with Crippen LogP contribution in [0.25, 0.3) is 0 Å². The summed E-state index contributed by atoms with van der Waals surface area (Å²) < 4.78 is 0.725. The lowest BCUT2D eigenvalue weighted by molar-refractivity contribution is 0.946. The summed E-state index contributed by atoms with van der Waals surface area (Å²) in [7, 11) is 0. The van der Waals surface area contributed by atoms with Gasteiger partial charge in [0.2, 0.25) is 0 Å². The van der Waals surface area contributed by atoms with Crippen LogP contribution < -0.4 is 0 Å². The van der Waals surface area contributed by atoms with Gasteiger partial charge in [0.25, 0.3) is 0 Å². The summed E-state index contributed by atoms with van der Waals surface area (Å²) in [6.07, 6.45) is 1.24. The SMILES string of the molecule is CC[C@@H](I)c1cccs1. The van der Waals surface area contributed by atoms with Gasteiger partial charge < -0.3 is 0 Å². The second-order valence-corrected chi connectivity index (χ2v) is 4.37. The number of halogens is 1. The molecule has 2 heteroatoms. The molecule has 1 aromatic rings. The highest BCUT2D eigenvalue weighted by Gasteiger charge is 2.02. The van der Waals surface area contributed by atoms with Gasteiger partial charge in [-0.1, -0.05) is 35.6 Å². The topological polar surface area (TPSA) is 0 Å². The van der Waals surface area contributed by atoms with Crippen molar-refractivity contribution in [1.82, 2.24) is 0 Å². The van der Waals surface area contributed by atoms with E-state index < -0.39 is 0 Å². The third-order valence-electron chi connectivity index (χ3n) is 1.21. The van der Waals surface area contributed by atoms with Crippen LogP contribution in [0.15, 0.2) is 17.5 Å². The van der Waals surface area contributed by atoms with E-state index in [0.717, 1.165) is 3.92 Å². The molecule has 9 heavy (non-hydrogen) atoms. The van der Waals surface area contributed by atoms with Crippen LogP contribution in [0.1, 0.15) is 22.1 Å². The highest BCUT2D eigenvalue weighted by molar-refractivity contribution is 14.1. The summed E-state index contributed by atoms with van der Waals surface area (Å²) in [5.74, 6) is 0. The fraction of sp³-hybridized carbons (Fsp3) is 0.429. The van der Waals surface area contributed by atoms with Gasteiger partial charge in [-0.05, 0) is 17.9 Å². The van der Waals surface area contributed by atoms with Crippen molar-refractivity contribution < 1.29 is 0 Å². The summed E-state index contributed by atoms with van der Waals surface area (Å²) in [5.41, 5.74) is 0. The standard InChI is InChI=1S/C7H9IS/c1-2-6(8)7-4-3-5-9-7/h3-6H,2H2,1H3/t6-/m1/s1. The molecule has 0 nitrogen and oxygen atoms in total. The predicted octanol–water partition coefficient (Wildman–Crippen LogP) is 3.63. The van der Waals surface area contributed by atoms with E-state index in [1.54, 1.807) is 0 Å². The van der Waals surface area contributed by atoms with Crippen LogP contribution in [-0.2, 0) is 0 Å². The zero-order valence-corrected chi connectivity index (χ0v) is 8.28. The molecule has 1 aromatic heterocycles. The van der Waals surface area contributed by atoms with Crippen LogP contribution in [0.2, 0.25) is 0 Å². The second-order valence-electron chi connectivity index (χ2n) is 1.89. The maximum absolute atomic E-state index is 2.48. The van der Waals surface area contributed by atoms with E-state index in [9.17, 15) is 0 Å². The highest BCUT2D eigenvalue weighted by atomic mass is 127. The Bertz CT molecular complexity index is 157. The van der Waals surface area contributed by atoms with E-state index in [0.29, 0.717) is 0 Å². The minimum absolute atomic E-state index is 0.725. The zero-order chi connectivity index (χ0) is 6.69. The monoisotopic (exact) mass is 252 g/mol. The van der Waals surface area contributed by atoms with Gasteiger partial charge >= 0.3 is 0 Å². The Kier molecular flexibility index (Phi) is 2.98. The Labute approximate surface area is 73.4 Å². The van der Waals surface area contributed by atoms with E-state index in [4.69, 9.17) is 0 Å². The molecule has 0 bridgehead atoms. The van der Waals surface area contributed by atoms with E-state index in [1.807, 2.05) is 11.3 Å². The fourth-order valence-corrected chi connectivity index (χ4v) is 2.10. The summed E-state index contributed by atoms with van der Waals surface area (Å²) in [4.78, 5) is 1.50. The zero-order valence-electron chi connectivity index (χ0n) is 5.30. The maximum Gasteiger partial charge on any atom is 0.0450 e. The van der Waals surface area contributed by atoms with Crippen molar-refractivity contribution in [1.29, 1.82) is 0 Å². The third-order valence-corrected chi connectivity index (χ3v) is 4.17. The largest absolute Gasteiger partial charge is 0.148 e. The second kappa shape index (κ2) is 3.56. The van der Waals surface area contributed by atoms with E-state index in [1.165, 1.54) is 11.3 Å². The molecule has 0 saturated carbocycles. The highest BCUT2D eigenvalue weighted by Crippen LogP contribution is 2.29. The summed E-state index contributed by atoms with van der Waals surface area (Å²) in [5, 5.41) is 2.14. The van der Waals surface area contributed by atoms with Gasteiger partial charge in [-0.2, -0.15) is 0 Å². The molecule has 0 fully saturated rings. The van der Waals surface area contributed by atoms with Gasteiger partial charge in [0, 0.05) is 8.80 Å². The summed E-state index contributed by atoms with van der Waals surface area (Å²) in [6.45, 7) is 2.22. The van der Waals surface area contributed by atoms with Crippen LogP contribution in [0.5, 0.6) is 0 Å². The molecule has 0 radical (unpaired) electrons. The van der Waals surface area contributed by atoms with E-state index >= 15 is 0 Å². The molecular weight excluding hydrogens is 243 g/mol. The van der Waals surface area contributed by atoms with Gasteiger partial charge in [0.05, 0.1) is 0 Å². The van der Waals surface area contributed by atoms with Crippen LogP contribution in [-0.4, -0.2) is 0 Å². The smallest absolute Gasteiger partial charge is 0.0450 e. The van der Waals surface area contributed by atoms with Crippen molar-refractivity contribution in [3.05, 3.63) is 22.4 Å². The lowest BCUT2D eigenvalue weighted by atomic mass is 10.3. The molecule has 1 heterocycles. The first kappa shape index (κ1) is 7.54. The lowest BCUT2D eigenvalue weighted by Crippen LogP contribution is -1.78. The van der Waals surface area contributed by atoms with Crippen molar-refractivity contribution in [3.8, 4) is 0 Å². The maximum atomic E-state index is 2.48. The molecule has 50 valence electrons. The number of hydrogen-bond acceptors (Lipinski definition) is 1. The third kappa shape index (κ3) is 1.93. The molecular formula is C7H9IS. The molecule has 0 aliphatic carbocycles. The van der Waals surface area contributed by atoms with Crippen LogP contribution in [0.4, 0.5) is 0 Å². The lowest BCUT2D eigenvalue weighted by Gasteiger charge is -2.00. The first-order chi connectivity index (χ1) is 4.34. The summed E-state index contributed by atoms with van der Waals surface area (Å²) >= 11 is 4.33. The number of rotatable bonds is 2.